The van der Waals surface area contributed by atoms with Gasteiger partial charge in [-0.05, 0) is 34.6 Å². The van der Waals surface area contributed by atoms with E-state index in [2.05, 4.69) is 0 Å². The zero-order valence-electron chi connectivity index (χ0n) is 8.85. The molecule has 1 atom stereocenters. The van der Waals surface area contributed by atoms with Gasteiger partial charge < -0.3 is 5.11 Å². The van der Waals surface area contributed by atoms with Gasteiger partial charge in [-0.15, -0.1) is 0 Å². The van der Waals surface area contributed by atoms with Crippen molar-refractivity contribution in [3.8, 4) is 0 Å². The monoisotopic (exact) mass is 344 g/mol. The zero-order chi connectivity index (χ0) is 12.6. The first-order valence-corrected chi connectivity index (χ1v) is 5.83. The van der Waals surface area contributed by atoms with Gasteiger partial charge in [0.15, 0.2) is 5.60 Å². The zero-order valence-corrected chi connectivity index (χ0v) is 11.0. The summed E-state index contributed by atoms with van der Waals surface area (Å²) in [5, 5.41) is 9.95. The molecular weight excluding hydrogens is 332 g/mol. The van der Waals surface area contributed by atoms with Crippen LogP contribution in [0.25, 0.3) is 0 Å². The lowest BCUT2D eigenvalue weighted by Crippen LogP contribution is -2.47. The second-order valence-electron chi connectivity index (χ2n) is 3.90. The molecule has 0 fully saturated rings. The van der Waals surface area contributed by atoms with Crippen molar-refractivity contribution in [1.82, 2.24) is 0 Å². The van der Waals surface area contributed by atoms with Gasteiger partial charge in [-0.1, -0.05) is 32.0 Å². The third-order valence-corrected chi connectivity index (χ3v) is 3.49. The Kier molecular flexibility index (Phi) is 3.89. The van der Waals surface area contributed by atoms with E-state index in [-0.39, 0.29) is 5.56 Å². The highest BCUT2D eigenvalue weighted by Crippen LogP contribution is 2.45. The Morgan fingerprint density at radius 3 is 2.06 bits per heavy atom. The van der Waals surface area contributed by atoms with Crippen molar-refractivity contribution in [2.75, 3.05) is 0 Å². The molecule has 0 heterocycles. The van der Waals surface area contributed by atoms with Gasteiger partial charge in [-0.3, -0.25) is 0 Å². The van der Waals surface area contributed by atoms with E-state index in [0.29, 0.717) is 3.57 Å². The quantitative estimate of drug-likeness (QED) is 0.812. The van der Waals surface area contributed by atoms with Crippen molar-refractivity contribution in [1.29, 1.82) is 0 Å². The molecule has 0 unspecified atom stereocenters. The van der Waals surface area contributed by atoms with Crippen LogP contribution in [0.3, 0.4) is 0 Å². The van der Waals surface area contributed by atoms with Crippen LogP contribution in [0.2, 0.25) is 0 Å². The number of aliphatic hydroxyl groups is 1. The fourth-order valence-electron chi connectivity index (χ4n) is 1.56. The van der Waals surface area contributed by atoms with E-state index >= 15 is 0 Å². The molecule has 0 aliphatic rings. The van der Waals surface area contributed by atoms with Gasteiger partial charge >= 0.3 is 6.18 Å². The minimum atomic E-state index is -4.68. The maximum absolute atomic E-state index is 13.0. The van der Waals surface area contributed by atoms with Crippen molar-refractivity contribution in [3.63, 3.8) is 0 Å². The molecule has 90 valence electrons. The maximum atomic E-state index is 13.0. The fourth-order valence-corrected chi connectivity index (χ4v) is 2.36. The Morgan fingerprint density at radius 2 is 1.69 bits per heavy atom. The van der Waals surface area contributed by atoms with E-state index in [1.165, 1.54) is 26.0 Å². The van der Waals surface area contributed by atoms with Gasteiger partial charge in [0, 0.05) is 9.13 Å². The molecule has 1 aromatic rings. The Morgan fingerprint density at radius 1 is 1.19 bits per heavy atom. The van der Waals surface area contributed by atoms with Crippen LogP contribution in [0.4, 0.5) is 13.2 Å². The van der Waals surface area contributed by atoms with E-state index in [1.54, 1.807) is 34.7 Å². The molecule has 0 radical (unpaired) electrons. The molecule has 1 nitrogen and oxygen atoms in total. The standard InChI is InChI=1S/C11H12F3IO/c1-7(2)10(16,11(12,13)14)8-5-3-4-6-9(8)15/h3-7,16H,1-2H3/t10-/m1/s1. The summed E-state index contributed by atoms with van der Waals surface area (Å²) < 4.78 is 39.3. The first-order valence-electron chi connectivity index (χ1n) is 4.75. The molecule has 0 saturated heterocycles. The second-order valence-corrected chi connectivity index (χ2v) is 5.06. The van der Waals surface area contributed by atoms with Crippen LogP contribution in [0, 0.1) is 9.49 Å². The van der Waals surface area contributed by atoms with Gasteiger partial charge in [0.25, 0.3) is 0 Å². The van der Waals surface area contributed by atoms with Crippen LogP contribution in [0.15, 0.2) is 24.3 Å². The SMILES string of the molecule is CC(C)[C@@](O)(c1ccccc1I)C(F)(F)F. The largest absolute Gasteiger partial charge is 0.421 e. The highest BCUT2D eigenvalue weighted by molar-refractivity contribution is 14.1. The number of benzene rings is 1. The maximum Gasteiger partial charge on any atom is 0.421 e. The molecule has 0 aromatic heterocycles. The Bertz CT molecular complexity index is 376. The highest BCUT2D eigenvalue weighted by Gasteiger charge is 2.57. The Hall–Kier alpha value is -0.300. The van der Waals surface area contributed by atoms with E-state index in [0.717, 1.165) is 0 Å². The number of halogens is 4. The molecule has 1 rings (SSSR count). The molecule has 0 bridgehead atoms. The molecule has 1 aromatic carbocycles. The fraction of sp³-hybridized carbons (Fsp3) is 0.455. The smallest absolute Gasteiger partial charge is 0.376 e. The first-order chi connectivity index (χ1) is 7.21. The molecule has 0 aliphatic heterocycles. The van der Waals surface area contributed by atoms with Crippen molar-refractivity contribution in [3.05, 3.63) is 33.4 Å². The minimum absolute atomic E-state index is 0.0851. The predicted molar refractivity (Wildman–Crippen MR) is 63.9 cm³/mol. The topological polar surface area (TPSA) is 20.2 Å². The van der Waals surface area contributed by atoms with Crippen LogP contribution in [-0.4, -0.2) is 11.3 Å². The lowest BCUT2D eigenvalue weighted by molar-refractivity contribution is -0.283. The van der Waals surface area contributed by atoms with Crippen molar-refractivity contribution >= 4 is 22.6 Å². The van der Waals surface area contributed by atoms with Crippen molar-refractivity contribution in [2.45, 2.75) is 25.6 Å². The third kappa shape index (κ3) is 2.20. The molecule has 0 amide bonds. The molecule has 1 N–H and O–H groups in total. The summed E-state index contributed by atoms with van der Waals surface area (Å²) in [5.41, 5.74) is -2.87. The Labute approximate surface area is 106 Å². The van der Waals surface area contributed by atoms with Gasteiger partial charge in [-0.25, -0.2) is 0 Å². The van der Waals surface area contributed by atoms with Gasteiger partial charge in [0.2, 0.25) is 0 Å². The van der Waals surface area contributed by atoms with Crippen molar-refractivity contribution < 1.29 is 18.3 Å². The minimum Gasteiger partial charge on any atom is -0.376 e. The van der Waals surface area contributed by atoms with E-state index in [4.69, 9.17) is 0 Å². The molecular formula is C11H12F3IO. The molecule has 0 aliphatic carbocycles. The summed E-state index contributed by atoms with van der Waals surface area (Å²) in [6.07, 6.45) is -4.68. The summed E-state index contributed by atoms with van der Waals surface area (Å²) in [6.45, 7) is 2.72. The number of rotatable bonds is 2. The summed E-state index contributed by atoms with van der Waals surface area (Å²) in [7, 11) is 0. The van der Waals surface area contributed by atoms with E-state index in [1.807, 2.05) is 0 Å². The molecule has 0 saturated carbocycles. The number of alkyl halides is 3. The Balaban J connectivity index is 3.40. The average Bonchev–Trinajstić information content (AvgIpc) is 2.15. The summed E-state index contributed by atoms with van der Waals surface area (Å²) >= 11 is 1.80. The molecule has 16 heavy (non-hydrogen) atoms. The number of hydrogen-bond acceptors (Lipinski definition) is 1. The van der Waals surface area contributed by atoms with Crippen LogP contribution in [-0.2, 0) is 5.60 Å². The highest BCUT2D eigenvalue weighted by atomic mass is 127. The summed E-state index contributed by atoms with van der Waals surface area (Å²) in [4.78, 5) is 0. The summed E-state index contributed by atoms with van der Waals surface area (Å²) in [5.74, 6) is -0.941. The van der Waals surface area contributed by atoms with Crippen LogP contribution in [0.5, 0.6) is 0 Å². The molecule has 0 spiro atoms. The van der Waals surface area contributed by atoms with Crippen LogP contribution in [0.1, 0.15) is 19.4 Å². The predicted octanol–water partition coefficient (Wildman–Crippen LogP) is 3.70. The normalized spacial score (nSPS) is 16.2. The van der Waals surface area contributed by atoms with Crippen LogP contribution >= 0.6 is 22.6 Å². The number of hydrogen-bond donors (Lipinski definition) is 1. The lowest BCUT2D eigenvalue weighted by Gasteiger charge is -2.35. The lowest BCUT2D eigenvalue weighted by atomic mass is 9.83. The van der Waals surface area contributed by atoms with E-state index in [9.17, 15) is 18.3 Å². The second kappa shape index (κ2) is 4.52. The molecule has 5 heteroatoms. The van der Waals surface area contributed by atoms with E-state index < -0.39 is 17.7 Å². The van der Waals surface area contributed by atoms with Gasteiger partial charge in [-0.2, -0.15) is 13.2 Å². The van der Waals surface area contributed by atoms with Crippen LogP contribution < -0.4 is 0 Å². The van der Waals surface area contributed by atoms with Gasteiger partial charge in [0.05, 0.1) is 0 Å². The van der Waals surface area contributed by atoms with Crippen molar-refractivity contribution in [2.24, 2.45) is 5.92 Å². The average molecular weight is 344 g/mol. The van der Waals surface area contributed by atoms with Gasteiger partial charge in [0.1, 0.15) is 0 Å². The third-order valence-electron chi connectivity index (χ3n) is 2.55. The summed E-state index contributed by atoms with van der Waals surface area (Å²) in [6, 6.07) is 6.00. The first kappa shape index (κ1) is 13.8.